The van der Waals surface area contributed by atoms with Crippen molar-refractivity contribution in [1.29, 1.82) is 0 Å². The van der Waals surface area contributed by atoms with Crippen molar-refractivity contribution in [2.75, 3.05) is 13.2 Å². The van der Waals surface area contributed by atoms with E-state index in [0.717, 1.165) is 18.2 Å². The molecule has 0 fully saturated rings. The zero-order valence-electron chi connectivity index (χ0n) is 13.5. The van der Waals surface area contributed by atoms with E-state index in [4.69, 9.17) is 92.8 Å². The highest BCUT2D eigenvalue weighted by Gasteiger charge is 2.36. The molecule has 0 atom stereocenters. The lowest BCUT2D eigenvalue weighted by atomic mass is 10.4. The second-order valence-electron chi connectivity index (χ2n) is 4.82. The second-order valence-corrected chi connectivity index (χ2v) is 12.5. The van der Waals surface area contributed by atoms with Crippen LogP contribution >= 0.6 is 92.8 Å². The number of hydrogen-bond donors (Lipinski definition) is 1. The van der Waals surface area contributed by atoms with Gasteiger partial charge in [-0.25, -0.2) is 15.0 Å². The Hall–Kier alpha value is 0.0300. The van der Waals surface area contributed by atoms with E-state index < -0.39 is 47.9 Å². The maximum absolute atomic E-state index is 12.8. The number of nitrogens with zero attached hydrogens (tertiary/aromatic N) is 1. The fourth-order valence-electron chi connectivity index (χ4n) is 1.41. The zero-order valence-corrected chi connectivity index (χ0v) is 20.3. The predicted molar refractivity (Wildman–Crippen MR) is 112 cm³/mol. The molecule has 8 nitrogen and oxygen atoms in total. The summed E-state index contributed by atoms with van der Waals surface area (Å²) in [5.41, 5.74) is 1.63. The Morgan fingerprint density at radius 1 is 0.931 bits per heavy atom. The van der Waals surface area contributed by atoms with Crippen molar-refractivity contribution in [2.24, 2.45) is 0 Å². The van der Waals surface area contributed by atoms with Crippen LogP contribution in [0.1, 0.15) is 0 Å². The minimum atomic E-state index is -4.78. The van der Waals surface area contributed by atoms with E-state index in [2.05, 4.69) is 9.47 Å². The predicted octanol–water partition coefficient (Wildman–Crippen LogP) is 5.50. The lowest BCUT2D eigenvalue weighted by Crippen LogP contribution is -2.50. The second kappa shape index (κ2) is 10.6. The molecular weight excluding hydrogens is 584 g/mol. The van der Waals surface area contributed by atoms with E-state index in [1.165, 1.54) is 0 Å². The molecule has 0 heterocycles. The summed E-state index contributed by atoms with van der Waals surface area (Å²) in [5.74, 6) is 0. The van der Waals surface area contributed by atoms with Gasteiger partial charge in [-0.1, -0.05) is 92.8 Å². The molecule has 2 amide bonds. The molecule has 0 aliphatic heterocycles. The molecule has 0 aliphatic carbocycles. The van der Waals surface area contributed by atoms with Gasteiger partial charge in [-0.05, 0) is 18.2 Å². The number of benzene rings is 1. The monoisotopic (exact) mass is 588 g/mol. The highest BCUT2D eigenvalue weighted by molar-refractivity contribution is 7.89. The Kier molecular flexibility index (Phi) is 9.86. The summed E-state index contributed by atoms with van der Waals surface area (Å²) in [6, 6.07) is 3.07. The van der Waals surface area contributed by atoms with Crippen molar-refractivity contribution in [2.45, 2.75) is 12.5 Å². The summed E-state index contributed by atoms with van der Waals surface area (Å²) >= 11 is 44.2. The lowest BCUT2D eigenvalue weighted by molar-refractivity contribution is 0.0998. The quantitative estimate of drug-likeness (QED) is 0.366. The topological polar surface area (TPSA) is 102 Å². The van der Waals surface area contributed by atoms with E-state index in [-0.39, 0.29) is 14.5 Å². The van der Waals surface area contributed by atoms with Crippen LogP contribution < -0.4 is 5.43 Å². The first kappa shape index (κ1) is 27.1. The summed E-state index contributed by atoms with van der Waals surface area (Å²) in [5, 5.41) is -0.118. The van der Waals surface area contributed by atoms with Gasteiger partial charge in [0.05, 0.1) is 14.9 Å². The van der Waals surface area contributed by atoms with Gasteiger partial charge >= 0.3 is 12.2 Å². The van der Waals surface area contributed by atoms with E-state index in [1.807, 2.05) is 0 Å². The summed E-state index contributed by atoms with van der Waals surface area (Å²) in [6.07, 6.45) is -3.13. The molecule has 1 rings (SSSR count). The van der Waals surface area contributed by atoms with Crippen LogP contribution in [0.15, 0.2) is 23.1 Å². The fourth-order valence-corrected chi connectivity index (χ4v) is 3.26. The molecule has 0 unspecified atom stereocenters. The molecule has 0 saturated heterocycles. The van der Waals surface area contributed by atoms with Gasteiger partial charge in [0.2, 0.25) is 7.59 Å². The standard InChI is InChI=1S/C12H8Cl8N2O6S/c13-7-2-1-6(3-8(7)14)29(25,26)22(10(24)28-5-12(18,19)20)21-9(23)27-4-11(15,16)17/h1-3H,4-5H2,(H,21,23). The van der Waals surface area contributed by atoms with Crippen LogP contribution in [0.4, 0.5) is 9.59 Å². The van der Waals surface area contributed by atoms with Gasteiger partial charge in [0.15, 0.2) is 0 Å². The van der Waals surface area contributed by atoms with Gasteiger partial charge in [0, 0.05) is 0 Å². The molecule has 0 radical (unpaired) electrons. The van der Waals surface area contributed by atoms with Crippen LogP contribution in [0, 0.1) is 0 Å². The number of carbonyl (C=O) groups is 2. The fraction of sp³-hybridized carbons (Fsp3) is 0.333. The zero-order chi connectivity index (χ0) is 22.6. The van der Waals surface area contributed by atoms with Crippen molar-refractivity contribution < 1.29 is 27.5 Å². The summed E-state index contributed by atoms with van der Waals surface area (Å²) in [6.45, 7) is -1.62. The number of rotatable bonds is 4. The number of hydrogen-bond acceptors (Lipinski definition) is 6. The molecule has 29 heavy (non-hydrogen) atoms. The smallest absolute Gasteiger partial charge is 0.443 e. The number of carbonyl (C=O) groups excluding carboxylic acids is 2. The van der Waals surface area contributed by atoms with Gasteiger partial charge in [-0.15, -0.1) is 4.41 Å². The molecule has 1 N–H and O–H groups in total. The van der Waals surface area contributed by atoms with E-state index in [9.17, 15) is 18.0 Å². The van der Waals surface area contributed by atoms with Gasteiger partial charge in [0.1, 0.15) is 13.2 Å². The number of nitrogens with one attached hydrogen (secondary N) is 1. The van der Waals surface area contributed by atoms with Crippen LogP contribution in [-0.4, -0.2) is 45.8 Å². The normalized spacial score (nSPS) is 12.3. The van der Waals surface area contributed by atoms with Gasteiger partial charge in [0.25, 0.3) is 10.0 Å². The minimum absolute atomic E-state index is 0.0333. The largest absolute Gasteiger partial charge is 0.444 e. The number of halogens is 8. The third-order valence-corrected chi connectivity index (χ3v) is 5.48. The van der Waals surface area contributed by atoms with E-state index in [1.54, 1.807) is 5.43 Å². The molecule has 17 heteroatoms. The van der Waals surface area contributed by atoms with Gasteiger partial charge in [-0.2, -0.15) is 8.42 Å². The molecular formula is C12H8Cl8N2O6S. The first-order valence-electron chi connectivity index (χ1n) is 6.77. The van der Waals surface area contributed by atoms with Gasteiger partial charge < -0.3 is 9.47 Å². The van der Waals surface area contributed by atoms with Crippen molar-refractivity contribution in [1.82, 2.24) is 9.84 Å². The number of hydrazine groups is 1. The first-order chi connectivity index (χ1) is 13.0. The highest BCUT2D eigenvalue weighted by Crippen LogP contribution is 2.29. The third-order valence-electron chi connectivity index (χ3n) is 2.51. The van der Waals surface area contributed by atoms with Crippen molar-refractivity contribution in [3.63, 3.8) is 0 Å². The lowest BCUT2D eigenvalue weighted by Gasteiger charge is -2.23. The van der Waals surface area contributed by atoms with E-state index in [0.29, 0.717) is 0 Å². The van der Waals surface area contributed by atoms with Crippen LogP contribution in [0.5, 0.6) is 0 Å². The summed E-state index contributed by atoms with van der Waals surface area (Å²) < 4.78 is 30.4. The molecule has 0 bridgehead atoms. The average molecular weight is 592 g/mol. The Balaban J connectivity index is 3.18. The Bertz CT molecular complexity index is 870. The molecule has 164 valence electrons. The van der Waals surface area contributed by atoms with Crippen molar-refractivity contribution in [3.8, 4) is 0 Å². The maximum atomic E-state index is 12.8. The van der Waals surface area contributed by atoms with Gasteiger partial charge in [-0.3, -0.25) is 0 Å². The number of alkyl halides is 6. The summed E-state index contributed by atoms with van der Waals surface area (Å²) in [4.78, 5) is 23.6. The Labute approximate surface area is 205 Å². The number of sulfonamides is 1. The van der Waals surface area contributed by atoms with Crippen molar-refractivity contribution >= 4 is 115 Å². The van der Waals surface area contributed by atoms with Crippen molar-refractivity contribution in [3.05, 3.63) is 28.2 Å². The van der Waals surface area contributed by atoms with E-state index >= 15 is 0 Å². The highest BCUT2D eigenvalue weighted by atomic mass is 35.6. The molecule has 0 spiro atoms. The van der Waals surface area contributed by atoms with Crippen LogP contribution in [0.3, 0.4) is 0 Å². The molecule has 0 aromatic heterocycles. The Morgan fingerprint density at radius 2 is 1.45 bits per heavy atom. The Morgan fingerprint density at radius 3 is 1.93 bits per heavy atom. The molecule has 1 aromatic rings. The maximum Gasteiger partial charge on any atom is 0.443 e. The first-order valence-corrected chi connectivity index (χ1v) is 11.2. The average Bonchev–Trinajstić information content (AvgIpc) is 2.56. The van der Waals surface area contributed by atoms with Crippen LogP contribution in [-0.2, 0) is 19.5 Å². The number of ether oxygens (including phenoxy) is 2. The molecule has 0 saturated carbocycles. The SMILES string of the molecule is O=C(NN(C(=O)OCC(Cl)(Cl)Cl)S(=O)(=O)c1ccc(Cl)c(Cl)c1)OCC(Cl)(Cl)Cl. The third kappa shape index (κ3) is 9.37. The minimum Gasteiger partial charge on any atom is -0.444 e. The van der Waals surface area contributed by atoms with Crippen LogP contribution in [0.25, 0.3) is 0 Å². The van der Waals surface area contributed by atoms with Crippen LogP contribution in [0.2, 0.25) is 10.0 Å². The summed E-state index contributed by atoms with van der Waals surface area (Å²) in [7, 11) is -4.78. The molecule has 1 aromatic carbocycles. The molecule has 0 aliphatic rings. The number of amides is 2.